The van der Waals surface area contributed by atoms with E-state index in [0.717, 1.165) is 15.9 Å². The highest BCUT2D eigenvalue weighted by atomic mass is 35.7. The number of halogens is 1. The number of fused-ring (bicyclic) bond motifs is 1. The third-order valence-corrected chi connectivity index (χ3v) is 2.45. The van der Waals surface area contributed by atoms with Crippen molar-refractivity contribution in [3.63, 3.8) is 0 Å². The smallest absolute Gasteiger partial charge is 0.0931 e. The molecule has 0 fully saturated rings. The number of imidazole rings is 1. The highest BCUT2D eigenvalue weighted by molar-refractivity contribution is 8.21. The van der Waals surface area contributed by atoms with Crippen LogP contribution in [0, 0.1) is 0 Å². The van der Waals surface area contributed by atoms with Gasteiger partial charge >= 0.3 is 0 Å². The molecule has 2 aromatic rings. The van der Waals surface area contributed by atoms with Crippen LogP contribution in [0.1, 0.15) is 0 Å². The molecule has 11 heavy (non-hydrogen) atoms. The van der Waals surface area contributed by atoms with Crippen molar-refractivity contribution >= 4 is 32.7 Å². The van der Waals surface area contributed by atoms with E-state index in [9.17, 15) is 0 Å². The Hall–Kier alpha value is -0.670. The largest absolute Gasteiger partial charge is 0.345 e. The van der Waals surface area contributed by atoms with Crippen LogP contribution < -0.4 is 0 Å². The van der Waals surface area contributed by atoms with E-state index in [-0.39, 0.29) is 0 Å². The fraction of sp³-hybridized carbons (Fsp3) is 0. The zero-order chi connectivity index (χ0) is 7.68. The van der Waals surface area contributed by atoms with E-state index in [1.807, 2.05) is 18.2 Å². The number of H-pyrrole nitrogens is 1. The molecule has 2 nitrogen and oxygen atoms in total. The predicted octanol–water partition coefficient (Wildman–Crippen LogP) is 2.81. The van der Waals surface area contributed by atoms with Crippen molar-refractivity contribution in [2.75, 3.05) is 0 Å². The molecule has 4 heteroatoms. The number of benzene rings is 1. The standard InChI is InChI=1S/C7H5ClN2S/c8-11-5-1-2-6-7(3-5)10-4-9-6/h1-4H,(H,9,10). The minimum absolute atomic E-state index is 0.972. The van der Waals surface area contributed by atoms with Crippen molar-refractivity contribution in [3.8, 4) is 0 Å². The molecule has 56 valence electrons. The molecule has 0 radical (unpaired) electrons. The molecule has 0 amide bonds. The Bertz CT molecular complexity index is 371. The average Bonchev–Trinajstić information content (AvgIpc) is 2.50. The molecule has 1 N–H and O–H groups in total. The molecule has 0 unspecified atom stereocenters. The van der Waals surface area contributed by atoms with E-state index in [1.54, 1.807) is 6.33 Å². The van der Waals surface area contributed by atoms with Gasteiger partial charge in [0.15, 0.2) is 0 Å². The average molecular weight is 185 g/mol. The van der Waals surface area contributed by atoms with Crippen molar-refractivity contribution in [2.45, 2.75) is 4.90 Å². The van der Waals surface area contributed by atoms with Gasteiger partial charge in [-0.1, -0.05) is 0 Å². The number of aromatic amines is 1. The van der Waals surface area contributed by atoms with Gasteiger partial charge in [0.05, 0.1) is 17.4 Å². The van der Waals surface area contributed by atoms with Crippen molar-refractivity contribution in [2.24, 2.45) is 0 Å². The third-order valence-electron chi connectivity index (χ3n) is 1.48. The lowest BCUT2D eigenvalue weighted by atomic mass is 10.3. The lowest BCUT2D eigenvalue weighted by molar-refractivity contribution is 1.34. The van der Waals surface area contributed by atoms with Crippen molar-refractivity contribution in [1.82, 2.24) is 9.97 Å². The molecule has 2 rings (SSSR count). The molecule has 1 aromatic heterocycles. The number of nitrogens with zero attached hydrogens (tertiary/aromatic N) is 1. The van der Waals surface area contributed by atoms with Gasteiger partial charge in [-0.15, -0.1) is 0 Å². The molecule has 0 saturated carbocycles. The summed E-state index contributed by atoms with van der Waals surface area (Å²) in [6, 6.07) is 5.86. The Morgan fingerprint density at radius 3 is 3.18 bits per heavy atom. The number of nitrogens with one attached hydrogen (secondary N) is 1. The monoisotopic (exact) mass is 184 g/mol. The summed E-state index contributed by atoms with van der Waals surface area (Å²) in [4.78, 5) is 8.13. The quantitative estimate of drug-likeness (QED) is 0.739. The number of aromatic nitrogens is 2. The second-order valence-corrected chi connectivity index (χ2v) is 3.25. The van der Waals surface area contributed by atoms with E-state index >= 15 is 0 Å². The maximum absolute atomic E-state index is 5.58. The van der Waals surface area contributed by atoms with Gasteiger partial charge in [-0.05, 0) is 39.9 Å². The first-order chi connectivity index (χ1) is 5.40. The molecule has 0 saturated heterocycles. The summed E-state index contributed by atoms with van der Waals surface area (Å²) >= 11 is 0. The Morgan fingerprint density at radius 2 is 2.36 bits per heavy atom. The van der Waals surface area contributed by atoms with E-state index in [1.165, 1.54) is 11.0 Å². The highest BCUT2D eigenvalue weighted by Gasteiger charge is 1.96. The molecule has 0 bridgehead atoms. The van der Waals surface area contributed by atoms with Crippen LogP contribution in [0.5, 0.6) is 0 Å². The Morgan fingerprint density at radius 1 is 1.45 bits per heavy atom. The number of hydrogen-bond donors (Lipinski definition) is 1. The van der Waals surface area contributed by atoms with Gasteiger partial charge < -0.3 is 4.98 Å². The van der Waals surface area contributed by atoms with Crippen LogP contribution in [-0.2, 0) is 0 Å². The van der Waals surface area contributed by atoms with E-state index in [4.69, 9.17) is 10.7 Å². The van der Waals surface area contributed by atoms with Crippen LogP contribution in [0.25, 0.3) is 11.0 Å². The zero-order valence-electron chi connectivity index (χ0n) is 5.54. The lowest BCUT2D eigenvalue weighted by Gasteiger charge is -1.91. The maximum Gasteiger partial charge on any atom is 0.0931 e. The first-order valence-electron chi connectivity index (χ1n) is 3.12. The Labute approximate surface area is 72.5 Å². The van der Waals surface area contributed by atoms with Crippen molar-refractivity contribution in [1.29, 1.82) is 0 Å². The Balaban J connectivity index is 2.67. The fourth-order valence-corrected chi connectivity index (χ4v) is 1.53. The molecular formula is C7H5ClN2S. The predicted molar refractivity (Wildman–Crippen MR) is 47.8 cm³/mol. The van der Waals surface area contributed by atoms with Crippen LogP contribution in [0.2, 0.25) is 0 Å². The third kappa shape index (κ3) is 1.21. The SMILES string of the molecule is ClSc1ccc2nc[nH]c2c1. The summed E-state index contributed by atoms with van der Waals surface area (Å²) in [6.45, 7) is 0. The topological polar surface area (TPSA) is 28.7 Å². The molecular weight excluding hydrogens is 180 g/mol. The minimum atomic E-state index is 0.972. The summed E-state index contributed by atoms with van der Waals surface area (Å²) < 4.78 is 0. The van der Waals surface area contributed by atoms with Gasteiger partial charge in [0.25, 0.3) is 0 Å². The van der Waals surface area contributed by atoms with Crippen molar-refractivity contribution < 1.29 is 0 Å². The summed E-state index contributed by atoms with van der Waals surface area (Å²) in [5.41, 5.74) is 2.00. The minimum Gasteiger partial charge on any atom is -0.345 e. The normalized spacial score (nSPS) is 10.6. The van der Waals surface area contributed by atoms with Gasteiger partial charge in [0.1, 0.15) is 0 Å². The van der Waals surface area contributed by atoms with Crippen molar-refractivity contribution in [3.05, 3.63) is 24.5 Å². The van der Waals surface area contributed by atoms with Crippen LogP contribution in [0.3, 0.4) is 0 Å². The lowest BCUT2D eigenvalue weighted by Crippen LogP contribution is -1.69. The number of hydrogen-bond acceptors (Lipinski definition) is 2. The molecule has 0 aliphatic heterocycles. The molecule has 1 aromatic carbocycles. The van der Waals surface area contributed by atoms with Crippen LogP contribution >= 0.6 is 21.7 Å². The summed E-state index contributed by atoms with van der Waals surface area (Å²) in [5, 5.41) is 0. The number of rotatable bonds is 1. The molecule has 0 spiro atoms. The second kappa shape index (κ2) is 2.75. The first-order valence-corrected chi connectivity index (χ1v) is 4.76. The van der Waals surface area contributed by atoms with Crippen LogP contribution in [0.15, 0.2) is 29.4 Å². The highest BCUT2D eigenvalue weighted by Crippen LogP contribution is 2.24. The van der Waals surface area contributed by atoms with Gasteiger partial charge in [0.2, 0.25) is 0 Å². The van der Waals surface area contributed by atoms with Gasteiger partial charge in [0, 0.05) is 4.90 Å². The molecule has 1 heterocycles. The van der Waals surface area contributed by atoms with Crippen LogP contribution in [-0.4, -0.2) is 9.97 Å². The van der Waals surface area contributed by atoms with E-state index < -0.39 is 0 Å². The maximum atomic E-state index is 5.58. The summed E-state index contributed by atoms with van der Waals surface area (Å²) in [7, 11) is 6.79. The Kier molecular flexibility index (Phi) is 1.75. The zero-order valence-corrected chi connectivity index (χ0v) is 7.12. The van der Waals surface area contributed by atoms with E-state index in [0.29, 0.717) is 0 Å². The van der Waals surface area contributed by atoms with Gasteiger partial charge in [-0.3, -0.25) is 0 Å². The molecule has 0 aliphatic rings. The summed E-state index contributed by atoms with van der Waals surface area (Å²) in [6.07, 6.45) is 1.67. The second-order valence-electron chi connectivity index (χ2n) is 2.16. The summed E-state index contributed by atoms with van der Waals surface area (Å²) in [5.74, 6) is 0. The fourth-order valence-electron chi connectivity index (χ4n) is 0.963. The van der Waals surface area contributed by atoms with Gasteiger partial charge in [-0.2, -0.15) is 0 Å². The molecule has 0 atom stereocenters. The molecule has 0 aliphatic carbocycles. The van der Waals surface area contributed by atoms with Crippen LogP contribution in [0.4, 0.5) is 0 Å². The van der Waals surface area contributed by atoms with E-state index in [2.05, 4.69) is 9.97 Å². The first kappa shape index (κ1) is 7.00. The van der Waals surface area contributed by atoms with Gasteiger partial charge in [-0.25, -0.2) is 4.98 Å².